The van der Waals surface area contributed by atoms with Crippen LogP contribution in [0.1, 0.15) is 5.56 Å². The SMILES string of the molecule is N=C(NO)c1ccc(-c2nnc(-c3ccc(Cl)cc3)o2)cc1. The van der Waals surface area contributed by atoms with Crippen molar-refractivity contribution in [2.75, 3.05) is 0 Å². The van der Waals surface area contributed by atoms with Gasteiger partial charge < -0.3 is 4.42 Å². The van der Waals surface area contributed by atoms with Crippen LogP contribution in [0.15, 0.2) is 52.9 Å². The second-order valence-corrected chi connectivity index (χ2v) is 4.92. The maximum atomic E-state index is 8.70. The van der Waals surface area contributed by atoms with E-state index in [1.807, 2.05) is 0 Å². The Hall–Kier alpha value is -2.70. The van der Waals surface area contributed by atoms with Crippen LogP contribution in [0.2, 0.25) is 5.02 Å². The lowest BCUT2D eigenvalue weighted by molar-refractivity contribution is 0.234. The highest BCUT2D eigenvalue weighted by atomic mass is 35.5. The number of hydroxylamine groups is 1. The molecule has 2 aromatic carbocycles. The number of aromatic nitrogens is 2. The molecule has 0 spiro atoms. The first-order valence-corrected chi connectivity index (χ1v) is 6.74. The van der Waals surface area contributed by atoms with Gasteiger partial charge in [0.2, 0.25) is 11.8 Å². The van der Waals surface area contributed by atoms with E-state index in [9.17, 15) is 0 Å². The third-order valence-corrected chi connectivity index (χ3v) is 3.30. The summed E-state index contributed by atoms with van der Waals surface area (Å²) in [5.41, 5.74) is 3.84. The summed E-state index contributed by atoms with van der Waals surface area (Å²) in [6.07, 6.45) is 0. The Labute approximate surface area is 130 Å². The van der Waals surface area contributed by atoms with Gasteiger partial charge in [-0.1, -0.05) is 23.7 Å². The first-order valence-electron chi connectivity index (χ1n) is 6.36. The van der Waals surface area contributed by atoms with Crippen LogP contribution in [-0.4, -0.2) is 21.2 Å². The number of nitrogens with zero attached hydrogens (tertiary/aromatic N) is 2. The molecule has 0 aliphatic rings. The highest BCUT2D eigenvalue weighted by molar-refractivity contribution is 6.30. The van der Waals surface area contributed by atoms with Gasteiger partial charge in [0, 0.05) is 21.7 Å². The Morgan fingerprint density at radius 2 is 1.45 bits per heavy atom. The quantitative estimate of drug-likeness (QED) is 0.391. The molecule has 0 aliphatic heterocycles. The first-order chi connectivity index (χ1) is 10.7. The number of hydrogen-bond donors (Lipinski definition) is 3. The topological polar surface area (TPSA) is 95.0 Å². The normalized spacial score (nSPS) is 10.5. The van der Waals surface area contributed by atoms with Gasteiger partial charge in [-0.2, -0.15) is 0 Å². The monoisotopic (exact) mass is 314 g/mol. The molecule has 1 aromatic heterocycles. The van der Waals surface area contributed by atoms with Crippen LogP contribution in [-0.2, 0) is 0 Å². The Morgan fingerprint density at radius 3 is 1.95 bits per heavy atom. The van der Waals surface area contributed by atoms with Crippen LogP contribution in [0.3, 0.4) is 0 Å². The minimum Gasteiger partial charge on any atom is -0.416 e. The van der Waals surface area contributed by atoms with E-state index < -0.39 is 0 Å². The van der Waals surface area contributed by atoms with Crippen molar-refractivity contribution in [3.8, 4) is 22.9 Å². The lowest BCUT2D eigenvalue weighted by Gasteiger charge is -2.01. The van der Waals surface area contributed by atoms with Crippen molar-refractivity contribution in [2.24, 2.45) is 0 Å². The number of benzene rings is 2. The lowest BCUT2D eigenvalue weighted by Crippen LogP contribution is -2.18. The minimum atomic E-state index is -0.0843. The Balaban J connectivity index is 1.87. The molecule has 7 heteroatoms. The van der Waals surface area contributed by atoms with Gasteiger partial charge >= 0.3 is 0 Å². The van der Waals surface area contributed by atoms with E-state index in [1.54, 1.807) is 54.0 Å². The molecular weight excluding hydrogens is 304 g/mol. The summed E-state index contributed by atoms with van der Waals surface area (Å²) >= 11 is 5.85. The second kappa shape index (κ2) is 5.97. The van der Waals surface area contributed by atoms with E-state index in [2.05, 4.69) is 10.2 Å². The van der Waals surface area contributed by atoms with Gasteiger partial charge in [-0.25, -0.2) is 0 Å². The fourth-order valence-corrected chi connectivity index (χ4v) is 2.02. The van der Waals surface area contributed by atoms with E-state index in [4.69, 9.17) is 26.6 Å². The smallest absolute Gasteiger partial charge is 0.248 e. The van der Waals surface area contributed by atoms with Gasteiger partial charge in [0.1, 0.15) is 5.84 Å². The molecule has 0 amide bonds. The lowest BCUT2D eigenvalue weighted by atomic mass is 10.1. The molecule has 3 rings (SSSR count). The fourth-order valence-electron chi connectivity index (χ4n) is 1.89. The van der Waals surface area contributed by atoms with Crippen LogP contribution in [0.4, 0.5) is 0 Å². The number of halogens is 1. The van der Waals surface area contributed by atoms with Crippen molar-refractivity contribution in [3.63, 3.8) is 0 Å². The molecule has 0 bridgehead atoms. The molecule has 3 N–H and O–H groups in total. The molecule has 6 nitrogen and oxygen atoms in total. The zero-order chi connectivity index (χ0) is 15.5. The Morgan fingerprint density at radius 1 is 0.955 bits per heavy atom. The highest BCUT2D eigenvalue weighted by Gasteiger charge is 2.11. The fraction of sp³-hybridized carbons (Fsp3) is 0. The van der Waals surface area contributed by atoms with Crippen molar-refractivity contribution in [1.29, 1.82) is 5.41 Å². The van der Waals surface area contributed by atoms with Crippen molar-refractivity contribution in [2.45, 2.75) is 0 Å². The number of rotatable bonds is 3. The average molecular weight is 315 g/mol. The van der Waals surface area contributed by atoms with Gasteiger partial charge in [-0.3, -0.25) is 16.1 Å². The third-order valence-electron chi connectivity index (χ3n) is 3.05. The molecular formula is C15H11ClN4O2. The predicted molar refractivity (Wildman–Crippen MR) is 81.9 cm³/mol. The van der Waals surface area contributed by atoms with Gasteiger partial charge in [0.05, 0.1) is 0 Å². The summed E-state index contributed by atoms with van der Waals surface area (Å²) in [5, 5.41) is 24.8. The molecule has 0 saturated heterocycles. The number of amidine groups is 1. The largest absolute Gasteiger partial charge is 0.416 e. The average Bonchev–Trinajstić information content (AvgIpc) is 3.05. The van der Waals surface area contributed by atoms with E-state index in [0.717, 1.165) is 11.1 Å². The number of hydrogen-bond acceptors (Lipinski definition) is 5. The van der Waals surface area contributed by atoms with Crippen molar-refractivity contribution < 1.29 is 9.62 Å². The Bertz CT molecular complexity index is 797. The molecule has 22 heavy (non-hydrogen) atoms. The molecule has 1 heterocycles. The standard InChI is InChI=1S/C15H11ClN4O2/c16-12-7-5-11(6-8-12)15-19-18-14(22-15)10-3-1-9(2-4-10)13(17)20-21/h1-8,21H,(H2,17,20). The number of nitrogens with one attached hydrogen (secondary N) is 2. The van der Waals surface area contributed by atoms with Crippen molar-refractivity contribution in [3.05, 3.63) is 59.1 Å². The molecule has 0 fully saturated rings. The highest BCUT2D eigenvalue weighted by Crippen LogP contribution is 2.25. The summed E-state index contributed by atoms with van der Waals surface area (Å²) in [6, 6.07) is 13.9. The maximum Gasteiger partial charge on any atom is 0.248 e. The van der Waals surface area contributed by atoms with E-state index >= 15 is 0 Å². The van der Waals surface area contributed by atoms with Gasteiger partial charge in [-0.15, -0.1) is 10.2 Å². The molecule has 3 aromatic rings. The first kappa shape index (κ1) is 14.2. The van der Waals surface area contributed by atoms with Crippen LogP contribution in [0.5, 0.6) is 0 Å². The second-order valence-electron chi connectivity index (χ2n) is 4.48. The predicted octanol–water partition coefficient (Wildman–Crippen LogP) is 3.36. The van der Waals surface area contributed by atoms with E-state index in [1.165, 1.54) is 0 Å². The molecule has 0 saturated carbocycles. The van der Waals surface area contributed by atoms with Crippen molar-refractivity contribution >= 4 is 17.4 Å². The third kappa shape index (κ3) is 2.83. The maximum absolute atomic E-state index is 8.70. The van der Waals surface area contributed by atoms with E-state index in [0.29, 0.717) is 22.4 Å². The summed E-state index contributed by atoms with van der Waals surface area (Å²) in [4.78, 5) is 0. The van der Waals surface area contributed by atoms with Gasteiger partial charge in [0.15, 0.2) is 0 Å². The van der Waals surface area contributed by atoms with Crippen molar-refractivity contribution in [1.82, 2.24) is 15.7 Å². The zero-order valence-electron chi connectivity index (χ0n) is 11.2. The molecule has 0 radical (unpaired) electrons. The van der Waals surface area contributed by atoms with Crippen LogP contribution >= 0.6 is 11.6 Å². The molecule has 0 aliphatic carbocycles. The molecule has 0 atom stereocenters. The molecule has 0 unspecified atom stereocenters. The van der Waals surface area contributed by atoms with Crippen LogP contribution < -0.4 is 5.48 Å². The van der Waals surface area contributed by atoms with E-state index in [-0.39, 0.29) is 5.84 Å². The summed E-state index contributed by atoms with van der Waals surface area (Å²) in [7, 11) is 0. The zero-order valence-corrected chi connectivity index (χ0v) is 12.0. The summed E-state index contributed by atoms with van der Waals surface area (Å²) < 4.78 is 5.64. The summed E-state index contributed by atoms with van der Waals surface area (Å²) in [5.74, 6) is 0.694. The van der Waals surface area contributed by atoms with Crippen LogP contribution in [0, 0.1) is 5.41 Å². The molecule has 110 valence electrons. The Kier molecular flexibility index (Phi) is 3.86. The minimum absolute atomic E-state index is 0.0843. The van der Waals surface area contributed by atoms with Crippen LogP contribution in [0.25, 0.3) is 22.9 Å². The van der Waals surface area contributed by atoms with Gasteiger partial charge in [0.25, 0.3) is 0 Å². The van der Waals surface area contributed by atoms with Gasteiger partial charge in [-0.05, 0) is 36.4 Å². The summed E-state index contributed by atoms with van der Waals surface area (Å²) in [6.45, 7) is 0.